The van der Waals surface area contributed by atoms with Crippen LogP contribution in [-0.4, -0.2) is 40.1 Å². The molecule has 3 aromatic rings. The van der Waals surface area contributed by atoms with Crippen molar-refractivity contribution in [3.8, 4) is 23.0 Å². The first-order valence-corrected chi connectivity index (χ1v) is 12.5. The Labute approximate surface area is 215 Å². The molecule has 2 aromatic carbocycles. The number of hydrazine groups is 1. The number of hydrogen-bond donors (Lipinski definition) is 1. The lowest BCUT2D eigenvalue weighted by molar-refractivity contribution is -0.135. The zero-order chi connectivity index (χ0) is 25.2. The average molecular weight is 509 g/mol. The van der Waals surface area contributed by atoms with E-state index in [1.54, 1.807) is 11.1 Å². The minimum absolute atomic E-state index is 0.00884. The summed E-state index contributed by atoms with van der Waals surface area (Å²) in [6.45, 7) is 7.25. The Morgan fingerprint density at radius 3 is 2.61 bits per heavy atom. The number of aromatic nitrogens is 1. The maximum atomic E-state index is 13.4. The van der Waals surface area contributed by atoms with E-state index in [4.69, 9.17) is 25.5 Å². The van der Waals surface area contributed by atoms with Gasteiger partial charge in [0, 0.05) is 18.0 Å². The number of amides is 1. The zero-order valence-corrected chi connectivity index (χ0v) is 21.3. The molecule has 1 aromatic heterocycles. The summed E-state index contributed by atoms with van der Waals surface area (Å²) in [6.07, 6.45) is 4.30. The van der Waals surface area contributed by atoms with Gasteiger partial charge in [-0.1, -0.05) is 17.7 Å². The predicted molar refractivity (Wildman–Crippen MR) is 136 cm³/mol. The highest BCUT2D eigenvalue weighted by Gasteiger charge is 2.40. The lowest BCUT2D eigenvalue weighted by atomic mass is 10.0. The largest absolute Gasteiger partial charge is 0.494 e. The summed E-state index contributed by atoms with van der Waals surface area (Å²) in [5.74, 6) is 2.68. The molecule has 0 saturated carbocycles. The third-order valence-corrected chi connectivity index (χ3v) is 6.65. The Kier molecular flexibility index (Phi) is 6.89. The minimum atomic E-state index is -0.317. The van der Waals surface area contributed by atoms with E-state index < -0.39 is 0 Å². The number of carbonyl (C=O) groups excluding carboxylic acids is 1. The average Bonchev–Trinajstić information content (AvgIpc) is 3.47. The molecule has 0 bridgehead atoms. The van der Waals surface area contributed by atoms with E-state index in [1.807, 2.05) is 74.4 Å². The van der Waals surface area contributed by atoms with E-state index >= 15 is 0 Å². The fourth-order valence-electron chi connectivity index (χ4n) is 4.51. The standard InChI is InChI=1S/C27H29ClN4O4/c1-4-34-20-9-6-18(7-10-20)26-29-23(17(3)36-26)16-31-12-13-32-24(27(31)33)15-22(30-32)19-8-11-25(35-5-2)21(28)14-19/h6-14,22,24,30H,4-5,15-16H2,1-3H3. The molecule has 0 spiro atoms. The van der Waals surface area contributed by atoms with Crippen LogP contribution in [0.2, 0.25) is 5.02 Å². The Balaban J connectivity index is 1.27. The predicted octanol–water partition coefficient (Wildman–Crippen LogP) is 5.23. The van der Waals surface area contributed by atoms with Crippen molar-refractivity contribution in [3.05, 3.63) is 76.9 Å². The molecule has 1 N–H and O–H groups in total. The van der Waals surface area contributed by atoms with E-state index in [0.717, 1.165) is 22.6 Å². The van der Waals surface area contributed by atoms with Gasteiger partial charge in [0.15, 0.2) is 0 Å². The van der Waals surface area contributed by atoms with Crippen LogP contribution in [0.1, 0.15) is 43.3 Å². The Bertz CT molecular complexity index is 1270. The molecule has 1 fully saturated rings. The molecule has 9 heteroatoms. The highest BCUT2D eigenvalue weighted by Crippen LogP contribution is 2.35. The topological polar surface area (TPSA) is 80.1 Å². The van der Waals surface area contributed by atoms with Crippen molar-refractivity contribution in [2.45, 2.75) is 45.8 Å². The summed E-state index contributed by atoms with van der Waals surface area (Å²) >= 11 is 6.39. The molecule has 2 unspecified atom stereocenters. The van der Waals surface area contributed by atoms with Crippen molar-refractivity contribution in [3.63, 3.8) is 0 Å². The first kappa shape index (κ1) is 24.2. The van der Waals surface area contributed by atoms with Crippen LogP contribution in [0.5, 0.6) is 11.5 Å². The van der Waals surface area contributed by atoms with Gasteiger partial charge in [-0.05, 0) is 69.2 Å². The normalized spacial score (nSPS) is 19.1. The van der Waals surface area contributed by atoms with Crippen molar-refractivity contribution in [2.24, 2.45) is 0 Å². The first-order valence-electron chi connectivity index (χ1n) is 12.1. The van der Waals surface area contributed by atoms with Crippen LogP contribution in [0, 0.1) is 6.92 Å². The van der Waals surface area contributed by atoms with E-state index in [1.165, 1.54) is 0 Å². The van der Waals surface area contributed by atoms with E-state index in [9.17, 15) is 4.79 Å². The van der Waals surface area contributed by atoms with Crippen molar-refractivity contribution < 1.29 is 18.7 Å². The van der Waals surface area contributed by atoms with Gasteiger partial charge in [-0.25, -0.2) is 10.4 Å². The number of oxazole rings is 1. The van der Waals surface area contributed by atoms with Crippen molar-refractivity contribution >= 4 is 17.5 Å². The number of benzene rings is 2. The number of nitrogens with zero attached hydrogens (tertiary/aromatic N) is 3. The number of nitrogens with one attached hydrogen (secondary N) is 1. The van der Waals surface area contributed by atoms with Gasteiger partial charge in [0.25, 0.3) is 5.91 Å². The summed E-state index contributed by atoms with van der Waals surface area (Å²) in [7, 11) is 0. The van der Waals surface area contributed by atoms with E-state index in [-0.39, 0.29) is 18.0 Å². The zero-order valence-electron chi connectivity index (χ0n) is 20.5. The third-order valence-electron chi connectivity index (χ3n) is 6.36. The van der Waals surface area contributed by atoms with Crippen LogP contribution in [0.25, 0.3) is 11.5 Å². The van der Waals surface area contributed by atoms with Gasteiger partial charge in [0.2, 0.25) is 5.89 Å². The van der Waals surface area contributed by atoms with Gasteiger partial charge in [-0.2, -0.15) is 0 Å². The maximum absolute atomic E-state index is 13.4. The fourth-order valence-corrected chi connectivity index (χ4v) is 4.75. The van der Waals surface area contributed by atoms with Crippen LogP contribution in [0.3, 0.4) is 0 Å². The molecule has 1 saturated heterocycles. The lowest BCUT2D eigenvalue weighted by Gasteiger charge is -2.31. The highest BCUT2D eigenvalue weighted by molar-refractivity contribution is 6.32. The van der Waals surface area contributed by atoms with E-state index in [0.29, 0.717) is 48.6 Å². The van der Waals surface area contributed by atoms with Gasteiger partial charge >= 0.3 is 0 Å². The SMILES string of the molecule is CCOc1ccc(-c2nc(CN3C=CN4NC(c5ccc(OCC)c(Cl)c5)CC4C3=O)c(C)o2)cc1. The molecule has 188 valence electrons. The molecule has 1 amide bonds. The highest BCUT2D eigenvalue weighted by atomic mass is 35.5. The molecule has 0 radical (unpaired) electrons. The lowest BCUT2D eigenvalue weighted by Crippen LogP contribution is -2.47. The van der Waals surface area contributed by atoms with Crippen molar-refractivity contribution in [1.29, 1.82) is 0 Å². The molecule has 2 aliphatic heterocycles. The van der Waals surface area contributed by atoms with Gasteiger partial charge in [0.05, 0.1) is 30.8 Å². The Morgan fingerprint density at radius 2 is 1.89 bits per heavy atom. The van der Waals surface area contributed by atoms with Gasteiger partial charge in [-0.3, -0.25) is 4.79 Å². The van der Waals surface area contributed by atoms with Crippen LogP contribution in [-0.2, 0) is 11.3 Å². The number of hydrogen-bond acceptors (Lipinski definition) is 7. The van der Waals surface area contributed by atoms with Gasteiger partial charge in [0.1, 0.15) is 29.0 Å². The number of aryl methyl sites for hydroxylation is 1. The molecule has 8 nitrogen and oxygen atoms in total. The second-order valence-corrected chi connectivity index (χ2v) is 9.11. The molecule has 3 heterocycles. The van der Waals surface area contributed by atoms with Gasteiger partial charge in [-0.15, -0.1) is 0 Å². The maximum Gasteiger partial charge on any atom is 0.251 e. The second kappa shape index (κ2) is 10.2. The Morgan fingerprint density at radius 1 is 1.11 bits per heavy atom. The monoisotopic (exact) mass is 508 g/mol. The number of fused-ring (bicyclic) bond motifs is 1. The van der Waals surface area contributed by atoms with Crippen molar-refractivity contribution in [2.75, 3.05) is 13.2 Å². The van der Waals surface area contributed by atoms with E-state index in [2.05, 4.69) is 10.4 Å². The summed E-state index contributed by atoms with van der Waals surface area (Å²) in [4.78, 5) is 19.7. The quantitative estimate of drug-likeness (QED) is 0.446. The molecule has 2 atom stereocenters. The molecular formula is C27H29ClN4O4. The Hall–Kier alpha value is -3.49. The summed E-state index contributed by atoms with van der Waals surface area (Å²) in [6, 6.07) is 13.0. The third kappa shape index (κ3) is 4.79. The van der Waals surface area contributed by atoms with Crippen LogP contribution < -0.4 is 14.9 Å². The fraction of sp³-hybridized carbons (Fsp3) is 0.333. The van der Waals surface area contributed by atoms with Crippen LogP contribution in [0.4, 0.5) is 0 Å². The minimum Gasteiger partial charge on any atom is -0.494 e. The van der Waals surface area contributed by atoms with Gasteiger partial charge < -0.3 is 23.8 Å². The molecule has 0 aliphatic carbocycles. The van der Waals surface area contributed by atoms with Crippen LogP contribution >= 0.6 is 11.6 Å². The number of ether oxygens (including phenoxy) is 2. The second-order valence-electron chi connectivity index (χ2n) is 8.71. The molecule has 2 aliphatic rings. The smallest absolute Gasteiger partial charge is 0.251 e. The number of carbonyl (C=O) groups is 1. The number of rotatable bonds is 8. The number of halogens is 1. The summed E-state index contributed by atoms with van der Waals surface area (Å²) < 4.78 is 17.0. The summed E-state index contributed by atoms with van der Waals surface area (Å²) in [5, 5.41) is 2.43. The molecule has 36 heavy (non-hydrogen) atoms. The van der Waals surface area contributed by atoms with Crippen LogP contribution in [0.15, 0.2) is 59.3 Å². The summed E-state index contributed by atoms with van der Waals surface area (Å²) in [5.41, 5.74) is 6.01. The van der Waals surface area contributed by atoms with Crippen molar-refractivity contribution in [1.82, 2.24) is 20.3 Å². The molecular weight excluding hydrogens is 480 g/mol. The first-order chi connectivity index (χ1) is 17.5. The molecule has 5 rings (SSSR count).